The monoisotopic (exact) mass is 769 g/mol. The van der Waals surface area contributed by atoms with Crippen molar-refractivity contribution in [2.24, 2.45) is 0 Å². The van der Waals surface area contributed by atoms with Gasteiger partial charge in [-0.05, 0) is 64.5 Å². The number of halogens is 4. The molecule has 0 unspecified atom stereocenters. The lowest BCUT2D eigenvalue weighted by Crippen LogP contribution is -2.50. The molecule has 0 amide bonds. The Hall–Kier alpha value is -3.71. The number of hydrogen-bond acceptors (Lipinski definition) is 6. The highest BCUT2D eigenvalue weighted by Gasteiger charge is 2.44. The number of unbranched alkanes of at least 4 members (excludes halogenated alkanes) is 3. The fourth-order valence-electron chi connectivity index (χ4n) is 6.37. The van der Waals surface area contributed by atoms with E-state index in [1.165, 1.54) is 24.3 Å². The van der Waals surface area contributed by atoms with Crippen LogP contribution in [-0.2, 0) is 14.2 Å². The van der Waals surface area contributed by atoms with Crippen LogP contribution in [0.1, 0.15) is 86.7 Å². The number of nitrogens with zero attached hydrogens (tertiary/aromatic N) is 2. The van der Waals surface area contributed by atoms with E-state index in [-0.39, 0.29) is 52.7 Å². The highest BCUT2D eigenvalue weighted by atomic mass is 35.5. The number of anilines is 1. The minimum atomic E-state index is -3.47. The summed E-state index contributed by atoms with van der Waals surface area (Å²) in [4.78, 5) is 26.7. The Labute approximate surface area is 325 Å². The predicted molar refractivity (Wildman–Crippen MR) is 198 cm³/mol. The minimum Gasteiger partial charge on any atom is -0.478 e. The largest absolute Gasteiger partial charge is 0.478 e. The molecule has 1 aliphatic carbocycles. The number of allylic oxidation sites excluding steroid dienone is 5. The van der Waals surface area contributed by atoms with Gasteiger partial charge in [0.25, 0.3) is 0 Å². The molecule has 0 spiro atoms. The maximum atomic E-state index is 17.2. The number of rotatable bonds is 16. The van der Waals surface area contributed by atoms with Crippen molar-refractivity contribution in [3.63, 3.8) is 0 Å². The van der Waals surface area contributed by atoms with E-state index in [0.717, 1.165) is 37.8 Å². The van der Waals surface area contributed by atoms with Gasteiger partial charge in [-0.15, -0.1) is 11.6 Å². The molecule has 6 rings (SSSR count). The van der Waals surface area contributed by atoms with Crippen LogP contribution in [0.2, 0.25) is 13.1 Å². The van der Waals surface area contributed by atoms with Crippen molar-refractivity contribution in [3.05, 3.63) is 86.9 Å². The molecule has 0 atom stereocenters. The SMILES string of the molecule is [2H]C1([2H])N(c2ccc3c(c2)[Si](C)(C)C2=CC(=[N+]4C([2H])([2H])C([2H])([2H])C4([2H])[2H])C=CC2=C3c2c(F)c(C(=O)OCCOCCOCCCCCCCl)c(F)c(F)c2C(=O)O)C([2H])([2H])C1([2H])[2H]. The highest BCUT2D eigenvalue weighted by Crippen LogP contribution is 2.45. The standard InChI is InChI=1S/C39H44ClF3N2O6Si/c1-52(2)29-23-25(44-14-7-15-44)9-11-27(29)31(28-12-10-26(24-30(28)52)45-16-8-17-45)32-33(38(46)47)36(42)37(43)34(35(32)41)39(48)51-22-21-50-20-19-49-18-6-4-3-5-13-40/h9-12,23-24H,3-8,13-22H2,1-2H3/p+1/i7D2,8D2,14D2,15D2,16D2,17D2. The molecule has 2 saturated heterocycles. The van der Waals surface area contributed by atoms with E-state index in [9.17, 15) is 14.7 Å². The average Bonchev–Trinajstić information content (AvgIpc) is 3.19. The average molecular weight is 770 g/mol. The van der Waals surface area contributed by atoms with Gasteiger partial charge in [0.1, 0.15) is 50.1 Å². The Morgan fingerprint density at radius 2 is 1.62 bits per heavy atom. The first-order valence-electron chi connectivity index (χ1n) is 22.7. The van der Waals surface area contributed by atoms with Gasteiger partial charge in [-0.2, -0.15) is 0 Å². The van der Waals surface area contributed by atoms with Gasteiger partial charge in [-0.25, -0.2) is 27.3 Å². The van der Waals surface area contributed by atoms with Gasteiger partial charge in [-0.3, -0.25) is 0 Å². The maximum Gasteiger partial charge on any atom is 0.344 e. The van der Waals surface area contributed by atoms with Crippen LogP contribution in [0.4, 0.5) is 18.9 Å². The molecule has 4 aliphatic rings. The third-order valence-electron chi connectivity index (χ3n) is 9.07. The molecule has 2 aromatic carbocycles. The zero-order chi connectivity index (χ0) is 47.7. The Morgan fingerprint density at radius 1 is 0.923 bits per heavy atom. The second-order valence-electron chi connectivity index (χ2n) is 12.7. The Kier molecular flexibility index (Phi) is 8.05. The van der Waals surface area contributed by atoms with E-state index in [1.807, 2.05) is 0 Å². The number of esters is 1. The fraction of sp³-hybridized carbons (Fsp3) is 0.462. The summed E-state index contributed by atoms with van der Waals surface area (Å²) in [5.41, 5.74) is -5.23. The summed E-state index contributed by atoms with van der Waals surface area (Å²) in [5, 5.41) is 10.7. The van der Waals surface area contributed by atoms with Crippen molar-refractivity contribution < 1.29 is 63.1 Å². The van der Waals surface area contributed by atoms with Crippen molar-refractivity contribution >= 4 is 53.8 Å². The van der Waals surface area contributed by atoms with E-state index < -0.39 is 105 Å². The van der Waals surface area contributed by atoms with Gasteiger partial charge < -0.3 is 24.2 Å². The molecule has 2 fully saturated rings. The number of carbonyl (C=O) groups is 2. The molecule has 0 bridgehead atoms. The van der Waals surface area contributed by atoms with E-state index in [1.54, 1.807) is 13.1 Å². The number of carboxylic acid groups (broad SMARTS) is 1. The van der Waals surface area contributed by atoms with Crippen LogP contribution in [0.15, 0.2) is 47.2 Å². The van der Waals surface area contributed by atoms with Crippen LogP contribution in [0.3, 0.4) is 0 Å². The van der Waals surface area contributed by atoms with Crippen molar-refractivity contribution in [2.45, 2.75) is 51.5 Å². The normalized spacial score (nSPS) is 26.6. The smallest absolute Gasteiger partial charge is 0.344 e. The molecule has 2 aromatic rings. The number of aromatic carboxylic acids is 1. The van der Waals surface area contributed by atoms with Crippen molar-refractivity contribution in [1.29, 1.82) is 0 Å². The third kappa shape index (κ3) is 7.53. The zero-order valence-electron chi connectivity index (χ0n) is 40.4. The van der Waals surface area contributed by atoms with Crippen LogP contribution in [-0.4, -0.2) is 100 Å². The molecule has 0 saturated carbocycles. The lowest BCUT2D eigenvalue weighted by Gasteiger charge is -2.40. The van der Waals surface area contributed by atoms with Gasteiger partial charge in [-0.1, -0.05) is 32.0 Å². The van der Waals surface area contributed by atoms with E-state index >= 15 is 13.2 Å². The molecule has 8 nitrogen and oxygen atoms in total. The molecule has 52 heavy (non-hydrogen) atoms. The first-order chi connectivity index (χ1) is 29.6. The molecule has 0 aromatic heterocycles. The van der Waals surface area contributed by atoms with Crippen LogP contribution in [0.5, 0.6) is 0 Å². The molecule has 1 N–H and O–H groups in total. The first kappa shape index (κ1) is 25.3. The number of ether oxygens (including phenoxy) is 3. The number of fused-ring (bicyclic) bond motifs is 2. The van der Waals surface area contributed by atoms with E-state index in [2.05, 4.69) is 0 Å². The molecule has 278 valence electrons. The second-order valence-corrected chi connectivity index (χ2v) is 17.4. The third-order valence-corrected chi connectivity index (χ3v) is 12.9. The molecule has 0 radical (unpaired) electrons. The molecular formula is C39H45ClF3N2O6Si+. The summed E-state index contributed by atoms with van der Waals surface area (Å²) in [6.07, 6.45) is 1.24. The maximum absolute atomic E-state index is 17.2. The molecule has 3 aliphatic heterocycles. The Morgan fingerprint density at radius 3 is 2.35 bits per heavy atom. The summed E-state index contributed by atoms with van der Waals surface area (Å²) in [7, 11) is -3.47. The number of hydrogen-bond donors (Lipinski definition) is 1. The first-order valence-corrected chi connectivity index (χ1v) is 20.2. The number of carboxylic acids is 1. The predicted octanol–water partition coefficient (Wildman–Crippen LogP) is 6.62. The topological polar surface area (TPSA) is 88.3 Å². The van der Waals surface area contributed by atoms with E-state index in [0.29, 0.717) is 22.0 Å². The second kappa shape index (κ2) is 16.5. The Balaban J connectivity index is 1.47. The number of carbonyl (C=O) groups excluding carboxylic acids is 1. The molecular weight excluding hydrogens is 713 g/mol. The van der Waals surface area contributed by atoms with Crippen LogP contribution in [0, 0.1) is 17.5 Å². The minimum absolute atomic E-state index is 0.0473. The summed E-state index contributed by atoms with van der Waals surface area (Å²) in [6.45, 7) is -8.37. The lowest BCUT2D eigenvalue weighted by atomic mass is 9.85. The highest BCUT2D eigenvalue weighted by molar-refractivity contribution is 6.98. The summed E-state index contributed by atoms with van der Waals surface area (Å²) < 4.78 is 165. The summed E-state index contributed by atoms with van der Waals surface area (Å²) >= 11 is 5.67. The molecule has 13 heteroatoms. The Bertz CT molecular complexity index is 2380. The quantitative estimate of drug-likeness (QED) is 0.0513. The van der Waals surface area contributed by atoms with Gasteiger partial charge >= 0.3 is 11.9 Å². The van der Waals surface area contributed by atoms with Crippen molar-refractivity contribution in [3.8, 4) is 0 Å². The van der Waals surface area contributed by atoms with E-state index in [4.69, 9.17) is 42.3 Å². The molecule has 3 heterocycles. The zero-order valence-corrected chi connectivity index (χ0v) is 30.2. The van der Waals surface area contributed by atoms with Gasteiger partial charge in [0.15, 0.2) is 17.3 Å². The van der Waals surface area contributed by atoms with Gasteiger partial charge in [0.2, 0.25) is 0 Å². The van der Waals surface area contributed by atoms with Crippen LogP contribution < -0.4 is 10.1 Å². The van der Waals surface area contributed by atoms with Gasteiger partial charge in [0, 0.05) is 59.8 Å². The van der Waals surface area contributed by atoms with Gasteiger partial charge in [0.05, 0.1) is 26.2 Å². The van der Waals surface area contributed by atoms with Crippen molar-refractivity contribution in [1.82, 2.24) is 0 Å². The fourth-order valence-corrected chi connectivity index (χ4v) is 9.63. The number of alkyl halides is 1. The van der Waals surface area contributed by atoms with Crippen LogP contribution >= 0.6 is 11.6 Å². The number of benzene rings is 2. The summed E-state index contributed by atoms with van der Waals surface area (Å²) in [5.74, 6) is -9.45. The van der Waals surface area contributed by atoms with Crippen LogP contribution in [0.25, 0.3) is 5.57 Å². The summed E-state index contributed by atoms with van der Waals surface area (Å²) in [6, 6.07) is 3.64. The van der Waals surface area contributed by atoms with Crippen molar-refractivity contribution in [2.75, 3.05) is 69.8 Å². The lowest BCUT2D eigenvalue weighted by molar-refractivity contribution is -0.582.